The number of benzene rings is 1. The third-order valence-electron chi connectivity index (χ3n) is 1.49. The van der Waals surface area contributed by atoms with Crippen molar-refractivity contribution in [2.24, 2.45) is 0 Å². The first-order chi connectivity index (χ1) is 7.07. The summed E-state index contributed by atoms with van der Waals surface area (Å²) >= 11 is 0. The van der Waals surface area contributed by atoms with Gasteiger partial charge in [0.2, 0.25) is 0 Å². The molecule has 0 aliphatic carbocycles. The van der Waals surface area contributed by atoms with Gasteiger partial charge in [-0.1, -0.05) is 0 Å². The normalized spacial score (nSPS) is 8.87. The van der Waals surface area contributed by atoms with E-state index in [-0.39, 0.29) is 5.75 Å². The first kappa shape index (κ1) is 13.3. The molecule has 0 amide bonds. The molecular weight excluding hydrogens is 214 g/mol. The van der Waals surface area contributed by atoms with E-state index >= 15 is 0 Å². The van der Waals surface area contributed by atoms with Crippen molar-refractivity contribution < 1.29 is 33.9 Å². The van der Waals surface area contributed by atoms with Gasteiger partial charge >= 0.3 is 5.97 Å². The molecule has 0 aliphatic heterocycles. The Morgan fingerprint density at radius 3 is 2.27 bits per heavy atom. The number of carboxylic acids is 1. The van der Waals surface area contributed by atoms with Gasteiger partial charge < -0.3 is 9.84 Å². The lowest BCUT2D eigenvalue weighted by molar-refractivity contribution is -0.176. The highest BCUT2D eigenvalue weighted by molar-refractivity contribution is 5.91. The van der Waals surface area contributed by atoms with Gasteiger partial charge in [0.25, 0.3) is 0 Å². The Labute approximate surface area is 83.1 Å². The van der Waals surface area contributed by atoms with Crippen LogP contribution < -0.4 is 4.74 Å². The van der Waals surface area contributed by atoms with Gasteiger partial charge in [-0.3, -0.25) is 10.5 Å². The van der Waals surface area contributed by atoms with Gasteiger partial charge in [-0.2, -0.15) is 0 Å². The highest BCUT2D eigenvalue weighted by Crippen LogP contribution is 2.23. The standard InChI is InChI=1S/C8H6F2O3.H2O2/c1-13-5-3-2-4(9)7(10)6(5)8(11)12;1-2/h2-3H,1H3,(H,11,12);1-2H. The van der Waals surface area contributed by atoms with E-state index in [4.69, 9.17) is 15.6 Å². The third-order valence-corrected chi connectivity index (χ3v) is 1.49. The molecule has 0 atom stereocenters. The highest BCUT2D eigenvalue weighted by Gasteiger charge is 2.19. The number of carboxylic acid groups (broad SMARTS) is 1. The third kappa shape index (κ3) is 2.86. The van der Waals surface area contributed by atoms with Gasteiger partial charge in [0.15, 0.2) is 11.6 Å². The molecule has 5 nitrogen and oxygen atoms in total. The molecule has 84 valence electrons. The van der Waals surface area contributed by atoms with Crippen LogP contribution in [0.15, 0.2) is 12.1 Å². The van der Waals surface area contributed by atoms with E-state index in [2.05, 4.69) is 4.74 Å². The maximum Gasteiger partial charge on any atom is 0.342 e. The van der Waals surface area contributed by atoms with Crippen LogP contribution in [0.1, 0.15) is 10.4 Å². The van der Waals surface area contributed by atoms with Crippen molar-refractivity contribution in [2.75, 3.05) is 7.11 Å². The van der Waals surface area contributed by atoms with Crippen molar-refractivity contribution in [3.63, 3.8) is 0 Å². The molecule has 3 N–H and O–H groups in total. The first-order valence-corrected chi connectivity index (χ1v) is 3.53. The number of halogens is 2. The lowest BCUT2D eigenvalue weighted by Crippen LogP contribution is -2.05. The minimum atomic E-state index is -1.56. The minimum Gasteiger partial charge on any atom is -0.496 e. The fourth-order valence-electron chi connectivity index (χ4n) is 0.902. The Balaban J connectivity index is 0.000000921. The molecule has 15 heavy (non-hydrogen) atoms. The summed E-state index contributed by atoms with van der Waals surface area (Å²) < 4.78 is 30.0. The Hall–Kier alpha value is -1.73. The van der Waals surface area contributed by atoms with Crippen LogP contribution in [-0.4, -0.2) is 28.7 Å². The number of aromatic carboxylic acids is 1. The van der Waals surface area contributed by atoms with Crippen LogP contribution in [0.2, 0.25) is 0 Å². The van der Waals surface area contributed by atoms with Crippen LogP contribution in [0, 0.1) is 11.6 Å². The van der Waals surface area contributed by atoms with Crippen LogP contribution in [0.4, 0.5) is 8.78 Å². The van der Waals surface area contributed by atoms with Crippen molar-refractivity contribution in [1.82, 2.24) is 0 Å². The molecule has 0 bridgehead atoms. The zero-order valence-corrected chi connectivity index (χ0v) is 7.57. The predicted octanol–water partition coefficient (Wildman–Crippen LogP) is 1.69. The predicted molar refractivity (Wildman–Crippen MR) is 45.1 cm³/mol. The topological polar surface area (TPSA) is 87.0 Å². The van der Waals surface area contributed by atoms with Crippen LogP contribution in [0.5, 0.6) is 5.75 Å². The first-order valence-electron chi connectivity index (χ1n) is 3.53. The van der Waals surface area contributed by atoms with Gasteiger partial charge in [0, 0.05) is 0 Å². The Morgan fingerprint density at radius 2 is 1.87 bits per heavy atom. The summed E-state index contributed by atoms with van der Waals surface area (Å²) in [6, 6.07) is 1.86. The molecule has 0 radical (unpaired) electrons. The molecule has 0 aliphatic rings. The van der Waals surface area contributed by atoms with Gasteiger partial charge in [-0.25, -0.2) is 13.6 Å². The fourth-order valence-corrected chi connectivity index (χ4v) is 0.902. The van der Waals surface area contributed by atoms with Crippen molar-refractivity contribution in [1.29, 1.82) is 0 Å². The van der Waals surface area contributed by atoms with Crippen LogP contribution in [0.3, 0.4) is 0 Å². The SMILES string of the molecule is COc1ccc(F)c(F)c1C(=O)O.OO. The maximum absolute atomic E-state index is 12.9. The zero-order chi connectivity index (χ0) is 12.0. The smallest absolute Gasteiger partial charge is 0.342 e. The van der Waals surface area contributed by atoms with Crippen molar-refractivity contribution in [3.8, 4) is 5.75 Å². The highest BCUT2D eigenvalue weighted by atomic mass is 19.2. The summed E-state index contributed by atoms with van der Waals surface area (Å²) in [6.45, 7) is 0. The number of carbonyl (C=O) groups is 1. The van der Waals surface area contributed by atoms with E-state index in [1.165, 1.54) is 7.11 Å². The summed E-state index contributed by atoms with van der Waals surface area (Å²) in [5.41, 5.74) is -0.789. The largest absolute Gasteiger partial charge is 0.496 e. The van der Waals surface area contributed by atoms with E-state index in [9.17, 15) is 13.6 Å². The number of ether oxygens (including phenoxy) is 1. The molecule has 0 heterocycles. The molecule has 1 aromatic rings. The number of rotatable bonds is 2. The Kier molecular flexibility index (Phi) is 5.21. The summed E-state index contributed by atoms with van der Waals surface area (Å²) in [5, 5.41) is 20.5. The molecular formula is C8H8F2O5. The molecule has 0 spiro atoms. The van der Waals surface area contributed by atoms with E-state index in [0.717, 1.165) is 12.1 Å². The van der Waals surface area contributed by atoms with E-state index in [0.29, 0.717) is 0 Å². The Bertz CT molecular complexity index is 353. The molecule has 0 saturated carbocycles. The van der Waals surface area contributed by atoms with Crippen LogP contribution >= 0.6 is 0 Å². The quantitative estimate of drug-likeness (QED) is 0.523. The molecule has 0 fully saturated rings. The maximum atomic E-state index is 12.9. The van der Waals surface area contributed by atoms with Crippen molar-refractivity contribution in [3.05, 3.63) is 29.3 Å². The van der Waals surface area contributed by atoms with Gasteiger partial charge in [0.05, 0.1) is 7.11 Å². The molecule has 7 heteroatoms. The molecule has 0 saturated heterocycles. The molecule has 0 unspecified atom stereocenters. The van der Waals surface area contributed by atoms with E-state index < -0.39 is 23.2 Å². The number of hydrogen-bond donors (Lipinski definition) is 3. The summed E-state index contributed by atoms with van der Waals surface area (Å²) in [4.78, 5) is 10.5. The second-order valence-corrected chi connectivity index (χ2v) is 2.24. The zero-order valence-electron chi connectivity index (χ0n) is 7.57. The number of methoxy groups -OCH3 is 1. The second-order valence-electron chi connectivity index (χ2n) is 2.24. The van der Waals surface area contributed by atoms with E-state index in [1.807, 2.05) is 0 Å². The number of hydrogen-bond acceptors (Lipinski definition) is 4. The molecule has 1 aromatic carbocycles. The average molecular weight is 222 g/mol. The summed E-state index contributed by atoms with van der Waals surface area (Å²) in [5.74, 6) is -4.38. The molecule has 0 aromatic heterocycles. The summed E-state index contributed by atoms with van der Waals surface area (Å²) in [7, 11) is 1.18. The van der Waals surface area contributed by atoms with Gasteiger partial charge in [0.1, 0.15) is 11.3 Å². The average Bonchev–Trinajstić information content (AvgIpc) is 2.24. The minimum absolute atomic E-state index is 0.202. The lowest BCUT2D eigenvalue weighted by Gasteiger charge is -2.05. The van der Waals surface area contributed by atoms with E-state index in [1.54, 1.807) is 0 Å². The van der Waals surface area contributed by atoms with Gasteiger partial charge in [-0.15, -0.1) is 0 Å². The van der Waals surface area contributed by atoms with Gasteiger partial charge in [-0.05, 0) is 12.1 Å². The van der Waals surface area contributed by atoms with Crippen LogP contribution in [0.25, 0.3) is 0 Å². The monoisotopic (exact) mass is 222 g/mol. The molecule has 1 rings (SSSR count). The fraction of sp³-hybridized carbons (Fsp3) is 0.125. The summed E-state index contributed by atoms with van der Waals surface area (Å²) in [6.07, 6.45) is 0. The Morgan fingerprint density at radius 1 is 1.33 bits per heavy atom. The van der Waals surface area contributed by atoms with Crippen molar-refractivity contribution in [2.45, 2.75) is 0 Å². The van der Waals surface area contributed by atoms with Crippen molar-refractivity contribution >= 4 is 5.97 Å². The lowest BCUT2D eigenvalue weighted by atomic mass is 10.2. The second kappa shape index (κ2) is 5.89. The van der Waals surface area contributed by atoms with Crippen LogP contribution in [-0.2, 0) is 0 Å².